The van der Waals surface area contributed by atoms with E-state index in [2.05, 4.69) is 35.8 Å². The van der Waals surface area contributed by atoms with Crippen LogP contribution in [-0.4, -0.2) is 65.2 Å². The second-order valence-corrected chi connectivity index (χ2v) is 7.78. The van der Waals surface area contributed by atoms with Crippen LogP contribution >= 0.6 is 0 Å². The second-order valence-electron chi connectivity index (χ2n) is 7.78. The topological polar surface area (TPSA) is 71.7 Å². The molecule has 1 aromatic heterocycles. The van der Waals surface area contributed by atoms with Gasteiger partial charge in [-0.15, -0.1) is 0 Å². The molecular formula is C17H28N4O3. The molecule has 1 aromatic rings. The number of ether oxygens (including phenoxy) is 1. The normalized spacial score (nSPS) is 23.5. The summed E-state index contributed by atoms with van der Waals surface area (Å²) >= 11 is 0. The lowest BCUT2D eigenvalue weighted by atomic mass is 9.96. The molecule has 0 N–H and O–H groups in total. The summed E-state index contributed by atoms with van der Waals surface area (Å²) in [6, 6.07) is 0. The maximum atomic E-state index is 12.7. The number of carbonyl (C=O) groups excluding carboxylic acids is 1. The summed E-state index contributed by atoms with van der Waals surface area (Å²) in [6.07, 6.45) is 2.00. The van der Waals surface area contributed by atoms with Crippen LogP contribution in [0.4, 0.5) is 0 Å². The van der Waals surface area contributed by atoms with E-state index in [9.17, 15) is 4.79 Å². The molecule has 0 saturated carbocycles. The van der Waals surface area contributed by atoms with E-state index in [1.54, 1.807) is 0 Å². The molecule has 2 fully saturated rings. The predicted octanol–water partition coefficient (Wildman–Crippen LogP) is 1.44. The van der Waals surface area contributed by atoms with Crippen LogP contribution in [-0.2, 0) is 21.5 Å². The van der Waals surface area contributed by atoms with Gasteiger partial charge in [0.05, 0.1) is 25.7 Å². The molecule has 7 nitrogen and oxygen atoms in total. The minimum Gasteiger partial charge on any atom is -0.378 e. The third-order valence-electron chi connectivity index (χ3n) is 4.65. The molecule has 2 aliphatic heterocycles. The number of nitrogens with zero attached hydrogens (tertiary/aromatic N) is 4. The molecule has 2 aliphatic rings. The molecular weight excluding hydrogens is 308 g/mol. The van der Waals surface area contributed by atoms with Crippen molar-refractivity contribution >= 4 is 5.91 Å². The molecule has 2 saturated heterocycles. The van der Waals surface area contributed by atoms with Gasteiger partial charge in [0.25, 0.3) is 0 Å². The van der Waals surface area contributed by atoms with E-state index in [0.29, 0.717) is 31.5 Å². The molecule has 3 rings (SSSR count). The SMILES string of the molecule is CC(C)(C)c1nc(CN2CCC[C@H](C(=O)N3CCOCC3)C2)no1. The molecule has 0 aromatic carbocycles. The van der Waals surface area contributed by atoms with Crippen molar-refractivity contribution in [3.05, 3.63) is 11.7 Å². The van der Waals surface area contributed by atoms with E-state index in [1.165, 1.54) is 0 Å². The summed E-state index contributed by atoms with van der Waals surface area (Å²) in [7, 11) is 0. The van der Waals surface area contributed by atoms with Crippen LogP contribution in [0.15, 0.2) is 4.52 Å². The van der Waals surface area contributed by atoms with E-state index in [0.717, 1.165) is 39.0 Å². The smallest absolute Gasteiger partial charge is 0.232 e. The Morgan fingerprint density at radius 1 is 1.25 bits per heavy atom. The van der Waals surface area contributed by atoms with Crippen molar-refractivity contribution in [3.63, 3.8) is 0 Å². The fourth-order valence-corrected chi connectivity index (χ4v) is 3.27. The first-order chi connectivity index (χ1) is 11.4. The Morgan fingerprint density at radius 3 is 2.67 bits per heavy atom. The molecule has 7 heteroatoms. The van der Waals surface area contributed by atoms with Gasteiger partial charge in [0.15, 0.2) is 5.82 Å². The van der Waals surface area contributed by atoms with Crippen LogP contribution in [0.25, 0.3) is 0 Å². The number of aromatic nitrogens is 2. The van der Waals surface area contributed by atoms with E-state index in [-0.39, 0.29) is 17.2 Å². The molecule has 1 amide bonds. The Bertz CT molecular complexity index is 560. The lowest BCUT2D eigenvalue weighted by Crippen LogP contribution is -2.48. The zero-order valence-corrected chi connectivity index (χ0v) is 15.0. The van der Waals surface area contributed by atoms with Crippen LogP contribution in [0.3, 0.4) is 0 Å². The third kappa shape index (κ3) is 4.13. The summed E-state index contributed by atoms with van der Waals surface area (Å²) in [4.78, 5) is 21.4. The van der Waals surface area contributed by atoms with Crippen LogP contribution < -0.4 is 0 Å². The predicted molar refractivity (Wildman–Crippen MR) is 88.4 cm³/mol. The van der Waals surface area contributed by atoms with Crippen molar-refractivity contribution in [3.8, 4) is 0 Å². The Hall–Kier alpha value is -1.47. The highest BCUT2D eigenvalue weighted by atomic mass is 16.5. The second kappa shape index (κ2) is 7.19. The molecule has 1 atom stereocenters. The molecule has 0 radical (unpaired) electrons. The van der Waals surface area contributed by atoms with E-state index < -0.39 is 0 Å². The average Bonchev–Trinajstić information content (AvgIpc) is 3.04. The van der Waals surface area contributed by atoms with Gasteiger partial charge >= 0.3 is 0 Å². The zero-order valence-electron chi connectivity index (χ0n) is 15.0. The third-order valence-corrected chi connectivity index (χ3v) is 4.65. The van der Waals surface area contributed by atoms with Gasteiger partial charge in [-0.2, -0.15) is 4.98 Å². The Kier molecular flexibility index (Phi) is 5.20. The summed E-state index contributed by atoms with van der Waals surface area (Å²) in [5, 5.41) is 4.10. The van der Waals surface area contributed by atoms with Crippen molar-refractivity contribution < 1.29 is 14.1 Å². The maximum absolute atomic E-state index is 12.7. The first-order valence-corrected chi connectivity index (χ1v) is 8.85. The summed E-state index contributed by atoms with van der Waals surface area (Å²) < 4.78 is 10.7. The summed E-state index contributed by atoms with van der Waals surface area (Å²) in [5.74, 6) is 1.71. The Labute approximate surface area is 143 Å². The largest absolute Gasteiger partial charge is 0.378 e. The van der Waals surface area contributed by atoms with Crippen molar-refractivity contribution in [2.45, 2.75) is 45.6 Å². The quantitative estimate of drug-likeness (QED) is 0.832. The van der Waals surface area contributed by atoms with Crippen LogP contribution in [0, 0.1) is 5.92 Å². The fraction of sp³-hybridized carbons (Fsp3) is 0.824. The van der Waals surface area contributed by atoms with Crippen LogP contribution in [0.2, 0.25) is 0 Å². The zero-order chi connectivity index (χ0) is 17.2. The van der Waals surface area contributed by atoms with E-state index >= 15 is 0 Å². The van der Waals surface area contributed by atoms with Gasteiger partial charge in [0.2, 0.25) is 11.8 Å². The number of likely N-dealkylation sites (tertiary alicyclic amines) is 1. The van der Waals surface area contributed by atoms with Crippen LogP contribution in [0.5, 0.6) is 0 Å². The lowest BCUT2D eigenvalue weighted by Gasteiger charge is -2.35. The van der Waals surface area contributed by atoms with Crippen molar-refractivity contribution in [2.75, 3.05) is 39.4 Å². The number of hydrogen-bond donors (Lipinski definition) is 0. The van der Waals surface area contributed by atoms with Gasteiger partial charge in [0, 0.05) is 25.0 Å². The molecule has 134 valence electrons. The van der Waals surface area contributed by atoms with Gasteiger partial charge in [-0.3, -0.25) is 9.69 Å². The lowest BCUT2D eigenvalue weighted by molar-refractivity contribution is -0.141. The molecule has 0 aliphatic carbocycles. The van der Waals surface area contributed by atoms with Gasteiger partial charge < -0.3 is 14.2 Å². The minimum atomic E-state index is -0.137. The fourth-order valence-electron chi connectivity index (χ4n) is 3.27. The van der Waals surface area contributed by atoms with E-state index in [4.69, 9.17) is 9.26 Å². The first kappa shape index (κ1) is 17.4. The molecule has 0 unspecified atom stereocenters. The molecule has 24 heavy (non-hydrogen) atoms. The van der Waals surface area contributed by atoms with Crippen molar-refractivity contribution in [1.29, 1.82) is 0 Å². The first-order valence-electron chi connectivity index (χ1n) is 8.85. The van der Waals surface area contributed by atoms with Crippen molar-refractivity contribution in [1.82, 2.24) is 19.9 Å². The Morgan fingerprint density at radius 2 is 2.00 bits per heavy atom. The maximum Gasteiger partial charge on any atom is 0.232 e. The van der Waals surface area contributed by atoms with Gasteiger partial charge in [-0.25, -0.2) is 0 Å². The summed E-state index contributed by atoms with van der Waals surface area (Å²) in [6.45, 7) is 11.3. The van der Waals surface area contributed by atoms with Crippen molar-refractivity contribution in [2.24, 2.45) is 5.92 Å². The number of carbonyl (C=O) groups is 1. The number of rotatable bonds is 3. The Balaban J connectivity index is 1.57. The van der Waals surface area contributed by atoms with E-state index in [1.807, 2.05) is 4.90 Å². The number of amides is 1. The standard InChI is InChI=1S/C17H28N4O3/c1-17(2,3)16-18-14(19-24-16)12-20-6-4-5-13(11-20)15(22)21-7-9-23-10-8-21/h13H,4-12H2,1-3H3/t13-/m0/s1. The highest BCUT2D eigenvalue weighted by Gasteiger charge is 2.31. The monoisotopic (exact) mass is 336 g/mol. The summed E-state index contributed by atoms with van der Waals surface area (Å²) in [5.41, 5.74) is -0.137. The highest BCUT2D eigenvalue weighted by Crippen LogP contribution is 2.23. The number of hydrogen-bond acceptors (Lipinski definition) is 6. The average molecular weight is 336 g/mol. The van der Waals surface area contributed by atoms with Gasteiger partial charge in [-0.05, 0) is 19.4 Å². The minimum absolute atomic E-state index is 0.0748. The van der Waals surface area contributed by atoms with Gasteiger partial charge in [-0.1, -0.05) is 25.9 Å². The van der Waals surface area contributed by atoms with Crippen LogP contribution in [0.1, 0.15) is 45.3 Å². The van der Waals surface area contributed by atoms with Gasteiger partial charge in [0.1, 0.15) is 0 Å². The molecule has 0 bridgehead atoms. The number of morpholine rings is 1. The molecule has 0 spiro atoms. The number of piperidine rings is 1. The molecule has 3 heterocycles. The highest BCUT2D eigenvalue weighted by molar-refractivity contribution is 5.79.